The fourth-order valence-corrected chi connectivity index (χ4v) is 12.7. The zero-order chi connectivity index (χ0) is 72.0. The van der Waals surface area contributed by atoms with Gasteiger partial charge in [0.25, 0.3) is 0 Å². The lowest BCUT2D eigenvalue weighted by atomic mass is 9.97. The number of carbonyl (C=O) groups excluding carboxylic acids is 6. The Hall–Kier alpha value is -4.97. The summed E-state index contributed by atoms with van der Waals surface area (Å²) in [5, 5.41) is 122. The first-order chi connectivity index (χ1) is 47.6. The minimum atomic E-state index is -2.14. The van der Waals surface area contributed by atoms with Crippen LogP contribution in [-0.4, -0.2) is 312 Å². The maximum atomic E-state index is 13.7. The molecule has 0 aromatic carbocycles. The van der Waals surface area contributed by atoms with Crippen molar-refractivity contribution in [1.29, 1.82) is 0 Å². The van der Waals surface area contributed by atoms with Crippen LogP contribution in [0.2, 0.25) is 0 Å². The Kier molecular flexibility index (Phi) is 36.8. The number of ether oxygens (including phenoxy) is 14. The van der Waals surface area contributed by atoms with Crippen molar-refractivity contribution < 1.29 is 146 Å². The van der Waals surface area contributed by atoms with Crippen molar-refractivity contribution in [3.63, 3.8) is 0 Å². The van der Waals surface area contributed by atoms with Crippen molar-refractivity contribution in [2.45, 2.75) is 237 Å². The molecule has 1 aromatic heterocycles. The predicted octanol–water partition coefficient (Wildman–Crippen LogP) is -2.96. The van der Waals surface area contributed by atoms with E-state index in [1.165, 1.54) is 35.6 Å². The summed E-state index contributed by atoms with van der Waals surface area (Å²) in [6.45, 7) is 0.523. The molecule has 5 heterocycles. The normalized spacial score (nSPS) is 32.2. The summed E-state index contributed by atoms with van der Waals surface area (Å²) >= 11 is 0. The summed E-state index contributed by atoms with van der Waals surface area (Å²) in [7, 11) is 5.34. The highest BCUT2D eigenvalue weighted by Gasteiger charge is 2.53. The number of rotatable bonds is 38. The summed E-state index contributed by atoms with van der Waals surface area (Å²) in [5.74, 6) is 4.38. The van der Waals surface area contributed by atoms with E-state index in [4.69, 9.17) is 66.3 Å². The van der Waals surface area contributed by atoms with Crippen LogP contribution in [-0.2, 0) is 85.5 Å². The number of pyridine rings is 1. The molecule has 14 N–H and O–H groups in total. The molecule has 1 aliphatic carbocycles. The summed E-state index contributed by atoms with van der Waals surface area (Å²) in [5.41, 5.74) is 0. The van der Waals surface area contributed by atoms with Crippen molar-refractivity contribution in [2.24, 2.45) is 0 Å². The first-order valence-electron chi connectivity index (χ1n) is 33.0. The second-order valence-electron chi connectivity index (χ2n) is 23.6. The topological polar surface area (TPSA) is 495 Å². The fourth-order valence-electron chi connectivity index (χ4n) is 10.8. The third kappa shape index (κ3) is 26.4. The van der Waals surface area contributed by atoms with Crippen LogP contribution in [0.4, 0.5) is 9.59 Å². The van der Waals surface area contributed by atoms with E-state index in [2.05, 4.69) is 38.1 Å². The van der Waals surface area contributed by atoms with E-state index in [-0.39, 0.29) is 83.1 Å². The molecule has 4 fully saturated rings. The smallest absolute Gasteiger partial charge is 0.408 e. The van der Waals surface area contributed by atoms with E-state index in [9.17, 15) is 79.8 Å². The molecule has 4 amide bonds. The van der Waals surface area contributed by atoms with Gasteiger partial charge in [-0.2, -0.15) is 0 Å². The zero-order valence-electron chi connectivity index (χ0n) is 55.5. The third-order valence-corrected chi connectivity index (χ3v) is 18.6. The van der Waals surface area contributed by atoms with Gasteiger partial charge in [0.05, 0.1) is 39.6 Å². The van der Waals surface area contributed by atoms with Gasteiger partial charge in [0.1, 0.15) is 115 Å². The molecular formula is C62H97N5O30S2. The quantitative estimate of drug-likeness (QED) is 0.0103. The van der Waals surface area contributed by atoms with E-state index in [0.717, 1.165) is 37.8 Å². The van der Waals surface area contributed by atoms with Crippen LogP contribution in [0.1, 0.15) is 90.9 Å². The number of carbonyl (C=O) groups is 6. The number of esters is 2. The van der Waals surface area contributed by atoms with Gasteiger partial charge in [-0.3, -0.25) is 9.59 Å². The number of hydrogen-bond donors (Lipinski definition) is 14. The molecule has 0 spiro atoms. The number of methoxy groups -OCH3 is 2. The summed E-state index contributed by atoms with van der Waals surface area (Å²) < 4.78 is 77.7. The standard InChI is InChI=1S/C62H97N5O30S2/c1-5-86-55(80)34(20-12-15-24-63-40(68)23-27-98-99-42-22-14-17-26-65-42)66-61(82)96-53-45(72)38(92-57(85-4)51(53)78)30-89-59-50(77)48(75)44(71)37(94-59)29-91-60-52(79)54(46(73)39(95-60)31-90-58-49(76)47(74)43(70)36(93-58)28-84-3)97-62(83)67-35(56(81)87-6-2)21-13-16-25-64-41(69)32-88-33-18-10-8-7-9-11-19-33/h14,17,22,26,33-39,43-54,57-60,70-79H,5-10,12-13,15-16,18,20-21,23-25,27-32H2,1-4H3,(H,63,68)(H,64,69)(H,66,82)(H,67,83)/t33?,34-,35-,36?,37?,38?,39?,43+,44+,45+,46+,47-,48-,49?,50?,51?,52?,53-,54-,57-,58-,59-,60-/m0/s1. The summed E-state index contributed by atoms with van der Waals surface area (Å²) in [6.07, 6.45) is -31.9. The molecule has 5 aliphatic rings. The molecule has 23 atom stereocenters. The monoisotopic (exact) mass is 1460 g/mol. The van der Waals surface area contributed by atoms with Gasteiger partial charge in [0.2, 0.25) is 11.8 Å². The Morgan fingerprint density at radius 1 is 0.576 bits per heavy atom. The number of aliphatic hydroxyl groups is 10. The number of alkyl carbamates (subject to hydrolysis) is 2. The van der Waals surface area contributed by atoms with E-state index < -0.39 is 179 Å². The number of amides is 4. The molecule has 562 valence electrons. The maximum absolute atomic E-state index is 13.7. The van der Waals surface area contributed by atoms with Crippen LogP contribution in [0, 0.1) is 11.8 Å². The van der Waals surface area contributed by atoms with E-state index in [1.807, 2.05) is 12.1 Å². The van der Waals surface area contributed by atoms with Crippen molar-refractivity contribution in [3.8, 4) is 11.8 Å². The van der Waals surface area contributed by atoms with Gasteiger partial charge in [0, 0.05) is 52.1 Å². The van der Waals surface area contributed by atoms with Gasteiger partial charge in [-0.05, 0) is 94.6 Å². The number of nitrogens with zero attached hydrogens (tertiary/aromatic N) is 1. The Morgan fingerprint density at radius 3 is 1.58 bits per heavy atom. The molecule has 0 saturated carbocycles. The lowest BCUT2D eigenvalue weighted by Gasteiger charge is -2.45. The highest BCUT2D eigenvalue weighted by Crippen LogP contribution is 2.32. The van der Waals surface area contributed by atoms with Crippen molar-refractivity contribution in [2.75, 3.05) is 79.3 Å². The molecule has 4 saturated heterocycles. The highest BCUT2D eigenvalue weighted by molar-refractivity contribution is 8.76. The number of aliphatic hydroxyl groups excluding tert-OH is 10. The predicted molar refractivity (Wildman–Crippen MR) is 341 cm³/mol. The minimum absolute atomic E-state index is 0.0348. The first-order valence-corrected chi connectivity index (χ1v) is 35.3. The van der Waals surface area contributed by atoms with Crippen LogP contribution >= 0.6 is 21.6 Å². The Labute approximate surface area is 580 Å². The number of hydrogen-bond acceptors (Lipinski definition) is 33. The molecule has 1 aromatic rings. The third-order valence-electron chi connectivity index (χ3n) is 16.3. The first kappa shape index (κ1) is 83.0. The van der Waals surface area contributed by atoms with Gasteiger partial charge in [-0.1, -0.05) is 29.2 Å². The van der Waals surface area contributed by atoms with Gasteiger partial charge < -0.3 is 139 Å². The van der Waals surface area contributed by atoms with Crippen molar-refractivity contribution in [3.05, 3.63) is 24.4 Å². The minimum Gasteiger partial charge on any atom is -0.464 e. The molecule has 9 unspecified atom stereocenters. The van der Waals surface area contributed by atoms with Gasteiger partial charge >= 0.3 is 24.1 Å². The van der Waals surface area contributed by atoms with Crippen LogP contribution in [0.15, 0.2) is 29.4 Å². The largest absolute Gasteiger partial charge is 0.464 e. The number of unbranched alkanes of at least 4 members (excludes halogenated alkanes) is 2. The van der Waals surface area contributed by atoms with E-state index >= 15 is 0 Å². The lowest BCUT2D eigenvalue weighted by Crippen LogP contribution is -2.64. The lowest BCUT2D eigenvalue weighted by molar-refractivity contribution is -0.347. The highest BCUT2D eigenvalue weighted by atomic mass is 33.1. The van der Waals surface area contributed by atoms with Gasteiger partial charge in [-0.25, -0.2) is 24.2 Å². The maximum Gasteiger partial charge on any atom is 0.408 e. The molecule has 99 heavy (non-hydrogen) atoms. The molecular weight excluding hydrogens is 1360 g/mol. The second kappa shape index (κ2) is 43.9. The summed E-state index contributed by atoms with van der Waals surface area (Å²) in [6, 6.07) is 2.90. The van der Waals surface area contributed by atoms with Crippen LogP contribution < -0.4 is 21.3 Å². The Bertz CT molecular complexity index is 2660. The van der Waals surface area contributed by atoms with Crippen LogP contribution in [0.3, 0.4) is 0 Å². The SMILES string of the molecule is CCOC(=O)[C@H](CCCCNC(=O)CCSSc1ccccn1)NC(=O)O[C@@H]1C(O)[C@@H](OC)OC(CO[C@H]2OC(CO[C@H]3OC(CO[C@H]4OC(COC)[C@@H](O)[C@H](O)C4O)[C@@H](O)[C@H](OC(=O)N[C@@H](CCCCNC(=O)COC4C#CCCCCC4)C(=O)OCC)C3O)[C@@H](O)[C@H](O)C2O)[C@H]1O. The number of aromatic nitrogens is 1. The molecule has 35 nitrogen and oxygen atoms in total. The van der Waals surface area contributed by atoms with Crippen LogP contribution in [0.5, 0.6) is 0 Å². The van der Waals surface area contributed by atoms with Gasteiger partial charge in [0.15, 0.2) is 37.4 Å². The van der Waals surface area contributed by atoms with Crippen molar-refractivity contribution >= 4 is 57.5 Å². The zero-order valence-corrected chi connectivity index (χ0v) is 57.2. The molecule has 0 radical (unpaired) electrons. The molecule has 4 aliphatic heterocycles. The van der Waals surface area contributed by atoms with E-state index in [0.29, 0.717) is 31.4 Å². The van der Waals surface area contributed by atoms with E-state index in [1.54, 1.807) is 19.2 Å². The second-order valence-corrected chi connectivity index (χ2v) is 26.1. The van der Waals surface area contributed by atoms with Crippen LogP contribution in [0.25, 0.3) is 0 Å². The fraction of sp³-hybridized carbons (Fsp3) is 0.790. The number of nitrogens with one attached hydrogen (secondary N) is 4. The Balaban J connectivity index is 1.06. The average molecular weight is 1460 g/mol. The van der Waals surface area contributed by atoms with Gasteiger partial charge in [-0.15, -0.1) is 5.92 Å². The molecule has 6 rings (SSSR count). The molecule has 0 bridgehead atoms. The Morgan fingerprint density at radius 2 is 1.07 bits per heavy atom. The van der Waals surface area contributed by atoms with Crippen molar-refractivity contribution in [1.82, 2.24) is 26.3 Å². The molecule has 37 heteroatoms. The average Bonchev–Trinajstić information content (AvgIpc) is 0.806. The summed E-state index contributed by atoms with van der Waals surface area (Å²) in [4.78, 5) is 82.5.